The molecule has 0 radical (unpaired) electrons. The summed E-state index contributed by atoms with van der Waals surface area (Å²) in [6, 6.07) is 2.24. The van der Waals surface area contributed by atoms with Crippen molar-refractivity contribution in [3.05, 3.63) is 17.5 Å². The minimum absolute atomic E-state index is 0.179. The first-order chi connectivity index (χ1) is 11.0. The van der Waals surface area contributed by atoms with Crippen molar-refractivity contribution in [3.8, 4) is 0 Å². The van der Waals surface area contributed by atoms with Crippen LogP contribution in [0.1, 0.15) is 31.3 Å². The molecule has 3 atom stereocenters. The summed E-state index contributed by atoms with van der Waals surface area (Å²) in [6.45, 7) is 13.4. The van der Waals surface area contributed by atoms with E-state index in [0.29, 0.717) is 12.0 Å². The minimum Gasteiger partial charge on any atom is -0.379 e. The van der Waals surface area contributed by atoms with E-state index < -0.39 is 0 Å². The highest BCUT2D eigenvalue weighted by Gasteiger charge is 2.38. The van der Waals surface area contributed by atoms with Crippen LogP contribution in [-0.4, -0.2) is 70.9 Å². The first kappa shape index (κ1) is 16.5. The molecule has 2 fully saturated rings. The molecule has 2 aliphatic rings. The molecule has 1 aromatic heterocycles. The van der Waals surface area contributed by atoms with Crippen LogP contribution < -0.4 is 0 Å². The van der Waals surface area contributed by atoms with Crippen molar-refractivity contribution in [3.63, 3.8) is 0 Å². The number of carbonyl (C=O) groups excluding carboxylic acids is 1. The Hall–Kier alpha value is -1.40. The second-order valence-corrected chi connectivity index (χ2v) is 6.98. The average molecular weight is 320 g/mol. The van der Waals surface area contributed by atoms with Crippen molar-refractivity contribution < 1.29 is 9.53 Å². The zero-order valence-electron chi connectivity index (χ0n) is 14.7. The van der Waals surface area contributed by atoms with Crippen LogP contribution in [0.4, 0.5) is 0 Å². The molecule has 0 N–H and O–H groups in total. The molecule has 0 saturated carbocycles. The second kappa shape index (κ2) is 6.61. The molecule has 3 rings (SSSR count). The Morgan fingerprint density at radius 1 is 1.30 bits per heavy atom. The van der Waals surface area contributed by atoms with Gasteiger partial charge in [0.05, 0.1) is 18.9 Å². The van der Waals surface area contributed by atoms with Crippen molar-refractivity contribution in [2.45, 2.75) is 39.8 Å². The Morgan fingerprint density at radius 3 is 2.61 bits per heavy atom. The molecule has 0 aromatic carbocycles. The predicted octanol–water partition coefficient (Wildman–Crippen LogP) is 1.24. The number of aromatic nitrogens is 2. The number of ether oxygens (including phenoxy) is 1. The maximum Gasteiger partial charge on any atom is 0.247 e. The summed E-state index contributed by atoms with van der Waals surface area (Å²) < 4.78 is 7.30. The fourth-order valence-electron chi connectivity index (χ4n) is 3.92. The Balaban J connectivity index is 1.67. The van der Waals surface area contributed by atoms with Gasteiger partial charge in [-0.2, -0.15) is 5.10 Å². The van der Waals surface area contributed by atoms with Crippen LogP contribution in [0, 0.1) is 19.8 Å². The number of amides is 1. The molecule has 3 unspecified atom stereocenters. The quantitative estimate of drug-likeness (QED) is 0.841. The molecular formula is C17H28N4O2. The van der Waals surface area contributed by atoms with Crippen LogP contribution in [-0.2, 0) is 9.53 Å². The van der Waals surface area contributed by atoms with Gasteiger partial charge in [-0.1, -0.05) is 6.92 Å². The third-order valence-corrected chi connectivity index (χ3v) is 5.17. The van der Waals surface area contributed by atoms with Crippen LogP contribution in [0.5, 0.6) is 0 Å². The molecule has 6 nitrogen and oxygen atoms in total. The number of hydrogen-bond acceptors (Lipinski definition) is 4. The van der Waals surface area contributed by atoms with Crippen LogP contribution >= 0.6 is 0 Å². The van der Waals surface area contributed by atoms with E-state index in [0.717, 1.165) is 50.8 Å². The number of morpholine rings is 1. The number of rotatable bonds is 3. The van der Waals surface area contributed by atoms with Gasteiger partial charge in [-0.25, -0.2) is 0 Å². The zero-order chi connectivity index (χ0) is 16.6. The van der Waals surface area contributed by atoms with Gasteiger partial charge in [-0.3, -0.25) is 14.4 Å². The molecule has 6 heteroatoms. The molecule has 2 aliphatic heterocycles. The highest BCUT2D eigenvalue weighted by atomic mass is 16.5. The topological polar surface area (TPSA) is 50.6 Å². The van der Waals surface area contributed by atoms with E-state index in [1.54, 1.807) is 0 Å². The zero-order valence-corrected chi connectivity index (χ0v) is 14.7. The predicted molar refractivity (Wildman–Crippen MR) is 88.3 cm³/mol. The van der Waals surface area contributed by atoms with Crippen LogP contribution in [0.15, 0.2) is 6.07 Å². The van der Waals surface area contributed by atoms with E-state index in [1.165, 1.54) is 0 Å². The van der Waals surface area contributed by atoms with Gasteiger partial charge in [-0.15, -0.1) is 0 Å². The van der Waals surface area contributed by atoms with E-state index in [9.17, 15) is 4.79 Å². The number of nitrogens with zero attached hydrogens (tertiary/aromatic N) is 4. The Morgan fingerprint density at radius 2 is 2.00 bits per heavy atom. The van der Waals surface area contributed by atoms with E-state index in [4.69, 9.17) is 4.74 Å². The van der Waals surface area contributed by atoms with Crippen LogP contribution in [0.2, 0.25) is 0 Å². The van der Waals surface area contributed by atoms with E-state index >= 15 is 0 Å². The minimum atomic E-state index is -0.237. The number of carbonyl (C=O) groups is 1. The van der Waals surface area contributed by atoms with Gasteiger partial charge in [0.25, 0.3) is 0 Å². The van der Waals surface area contributed by atoms with Gasteiger partial charge < -0.3 is 9.64 Å². The van der Waals surface area contributed by atoms with E-state index in [1.807, 2.05) is 36.4 Å². The summed E-state index contributed by atoms with van der Waals surface area (Å²) in [4.78, 5) is 17.4. The highest BCUT2D eigenvalue weighted by molar-refractivity contribution is 5.80. The lowest BCUT2D eigenvalue weighted by molar-refractivity contribution is -0.133. The lowest BCUT2D eigenvalue weighted by Gasteiger charge is -2.34. The van der Waals surface area contributed by atoms with Gasteiger partial charge in [0, 0.05) is 37.9 Å². The Labute approximate surface area is 138 Å². The maximum atomic E-state index is 12.9. The van der Waals surface area contributed by atoms with Gasteiger partial charge in [0.15, 0.2) is 0 Å². The molecule has 23 heavy (non-hydrogen) atoms. The van der Waals surface area contributed by atoms with E-state index in [2.05, 4.69) is 16.9 Å². The fourth-order valence-corrected chi connectivity index (χ4v) is 3.92. The van der Waals surface area contributed by atoms with Gasteiger partial charge in [0.1, 0.15) is 6.04 Å². The summed E-state index contributed by atoms with van der Waals surface area (Å²) in [6.07, 6.45) is 0. The number of likely N-dealkylation sites (tertiary alicyclic amines) is 1. The summed E-state index contributed by atoms with van der Waals surface area (Å²) >= 11 is 0. The van der Waals surface area contributed by atoms with Crippen LogP contribution in [0.25, 0.3) is 0 Å². The van der Waals surface area contributed by atoms with Crippen molar-refractivity contribution in [1.82, 2.24) is 19.6 Å². The number of aryl methyl sites for hydroxylation is 2. The molecule has 1 amide bonds. The Bertz CT molecular complexity index is 565. The molecule has 1 aromatic rings. The lowest BCUT2D eigenvalue weighted by Crippen LogP contribution is -2.47. The first-order valence-corrected chi connectivity index (χ1v) is 8.60. The molecule has 0 spiro atoms. The normalized spacial score (nSPS) is 27.4. The molecule has 3 heterocycles. The lowest BCUT2D eigenvalue weighted by atomic mass is 10.0. The van der Waals surface area contributed by atoms with E-state index in [-0.39, 0.29) is 11.9 Å². The van der Waals surface area contributed by atoms with Gasteiger partial charge in [-0.05, 0) is 32.8 Å². The second-order valence-electron chi connectivity index (χ2n) is 6.98. The summed E-state index contributed by atoms with van der Waals surface area (Å²) in [5.41, 5.74) is 2.00. The third-order valence-electron chi connectivity index (χ3n) is 5.17. The Kier molecular flexibility index (Phi) is 4.73. The highest BCUT2D eigenvalue weighted by Crippen LogP contribution is 2.25. The molecule has 2 saturated heterocycles. The number of hydrogen-bond donors (Lipinski definition) is 0. The largest absolute Gasteiger partial charge is 0.379 e. The van der Waals surface area contributed by atoms with Crippen molar-refractivity contribution in [1.29, 1.82) is 0 Å². The smallest absolute Gasteiger partial charge is 0.247 e. The van der Waals surface area contributed by atoms with Crippen LogP contribution in [0.3, 0.4) is 0 Å². The fraction of sp³-hybridized carbons (Fsp3) is 0.765. The van der Waals surface area contributed by atoms with Gasteiger partial charge in [0.2, 0.25) is 5.91 Å². The van der Waals surface area contributed by atoms with Crippen molar-refractivity contribution in [2.75, 3.05) is 39.4 Å². The van der Waals surface area contributed by atoms with Crippen molar-refractivity contribution in [2.24, 2.45) is 5.92 Å². The summed E-state index contributed by atoms with van der Waals surface area (Å²) in [5.74, 6) is 0.684. The molecule has 0 aliphatic carbocycles. The van der Waals surface area contributed by atoms with Crippen molar-refractivity contribution >= 4 is 5.91 Å². The summed E-state index contributed by atoms with van der Waals surface area (Å²) in [5, 5.41) is 4.47. The SMILES string of the molecule is Cc1cc(C)n(C(C)C(=O)N2CC(C)C(N3CCOCC3)C2)n1. The third kappa shape index (κ3) is 3.28. The molecule has 128 valence electrons. The summed E-state index contributed by atoms with van der Waals surface area (Å²) in [7, 11) is 0. The average Bonchev–Trinajstić information content (AvgIpc) is 3.09. The maximum absolute atomic E-state index is 12.9. The first-order valence-electron chi connectivity index (χ1n) is 8.60. The monoisotopic (exact) mass is 320 g/mol. The van der Waals surface area contributed by atoms with Gasteiger partial charge >= 0.3 is 0 Å². The molecule has 0 bridgehead atoms. The molecular weight excluding hydrogens is 292 g/mol. The standard InChI is InChI=1S/C17H28N4O2/c1-12-10-20(11-16(12)19-5-7-23-8-6-19)17(22)15(4)21-14(3)9-13(2)18-21/h9,12,15-16H,5-8,10-11H2,1-4H3.